The van der Waals surface area contributed by atoms with Crippen molar-refractivity contribution in [3.63, 3.8) is 0 Å². The number of sulfonamides is 1. The Morgan fingerprint density at radius 3 is 2.28 bits per heavy atom. The number of rotatable bonds is 5. The van der Waals surface area contributed by atoms with E-state index in [4.69, 9.17) is 5.14 Å². The van der Waals surface area contributed by atoms with E-state index < -0.39 is 10.0 Å². The van der Waals surface area contributed by atoms with E-state index in [9.17, 15) is 13.2 Å². The number of nitrogens with two attached hydrogens (primary N) is 1. The van der Waals surface area contributed by atoms with Gasteiger partial charge in [-0.1, -0.05) is 28.1 Å². The topological polar surface area (TPSA) is 107 Å². The summed E-state index contributed by atoms with van der Waals surface area (Å²) in [6.07, 6.45) is 0.544. The van der Waals surface area contributed by atoms with E-state index in [1.54, 1.807) is 22.9 Å². The van der Waals surface area contributed by atoms with E-state index in [0.717, 1.165) is 15.7 Å². The molecular formula is C16H13BrN4O3S. The minimum atomic E-state index is -3.77. The van der Waals surface area contributed by atoms with E-state index in [0.29, 0.717) is 17.9 Å². The maximum atomic E-state index is 11.4. The molecule has 7 nitrogen and oxygen atoms in total. The van der Waals surface area contributed by atoms with Gasteiger partial charge in [-0.25, -0.2) is 18.2 Å². The summed E-state index contributed by atoms with van der Waals surface area (Å²) in [4.78, 5) is 10.7. The van der Waals surface area contributed by atoms with Crippen LogP contribution < -0.4 is 10.5 Å². The molecule has 3 N–H and O–H groups in total. The second-order valence-electron chi connectivity index (χ2n) is 5.13. The van der Waals surface area contributed by atoms with Gasteiger partial charge in [-0.05, 0) is 36.4 Å². The first kappa shape index (κ1) is 17.3. The van der Waals surface area contributed by atoms with Gasteiger partial charge in [-0.2, -0.15) is 0 Å². The summed E-state index contributed by atoms with van der Waals surface area (Å²) in [5.41, 5.74) is 2.25. The van der Waals surface area contributed by atoms with Crippen molar-refractivity contribution < 1.29 is 13.2 Å². The highest BCUT2D eigenvalue weighted by Gasteiger charge is 2.13. The number of amides is 1. The zero-order chi connectivity index (χ0) is 18.0. The quantitative estimate of drug-likeness (QED) is 0.618. The van der Waals surface area contributed by atoms with Gasteiger partial charge < -0.3 is 5.32 Å². The summed E-state index contributed by atoms with van der Waals surface area (Å²) in [5, 5.41) is 12.0. The molecule has 9 heteroatoms. The SMILES string of the molecule is NS(=O)(=O)c1ccc(-n2nc(NC=O)cc2-c2ccc(Br)cc2)cc1. The molecule has 0 aliphatic rings. The number of nitrogens with one attached hydrogen (secondary N) is 1. The largest absolute Gasteiger partial charge is 0.312 e. The summed E-state index contributed by atoms with van der Waals surface area (Å²) in [5.74, 6) is 0.378. The molecule has 0 radical (unpaired) electrons. The maximum absolute atomic E-state index is 11.4. The molecule has 0 saturated heterocycles. The first-order valence-electron chi connectivity index (χ1n) is 7.08. The highest BCUT2D eigenvalue weighted by molar-refractivity contribution is 9.10. The third-order valence-electron chi connectivity index (χ3n) is 3.47. The fourth-order valence-electron chi connectivity index (χ4n) is 2.31. The zero-order valence-electron chi connectivity index (χ0n) is 12.8. The number of halogens is 1. The Labute approximate surface area is 152 Å². The molecule has 0 aliphatic carbocycles. The molecule has 0 unspecified atom stereocenters. The van der Waals surface area contributed by atoms with Crippen LogP contribution in [0.15, 0.2) is 64.0 Å². The van der Waals surface area contributed by atoms with Gasteiger partial charge in [0.2, 0.25) is 16.4 Å². The van der Waals surface area contributed by atoms with Crippen molar-refractivity contribution in [3.05, 3.63) is 59.1 Å². The van der Waals surface area contributed by atoms with Crippen molar-refractivity contribution in [1.29, 1.82) is 0 Å². The average Bonchev–Trinajstić information content (AvgIpc) is 2.99. The Kier molecular flexibility index (Phi) is 4.71. The molecule has 1 heterocycles. The van der Waals surface area contributed by atoms with E-state index in [2.05, 4.69) is 26.3 Å². The van der Waals surface area contributed by atoms with E-state index >= 15 is 0 Å². The molecule has 0 spiro atoms. The Morgan fingerprint density at radius 2 is 1.72 bits per heavy atom. The molecule has 2 aromatic carbocycles. The minimum Gasteiger partial charge on any atom is -0.312 e. The number of hydrogen-bond donors (Lipinski definition) is 2. The lowest BCUT2D eigenvalue weighted by Crippen LogP contribution is -2.12. The summed E-state index contributed by atoms with van der Waals surface area (Å²) in [7, 11) is -3.77. The second-order valence-corrected chi connectivity index (χ2v) is 7.61. The smallest absolute Gasteiger partial charge is 0.238 e. The highest BCUT2D eigenvalue weighted by atomic mass is 79.9. The maximum Gasteiger partial charge on any atom is 0.238 e. The standard InChI is InChI=1S/C16H13BrN4O3S/c17-12-3-1-11(2-4-12)15-9-16(19-10-22)20-21(15)13-5-7-14(8-6-13)25(18,23)24/h1-10H,(H2,18,23,24)(H,19,20,22). The Balaban J connectivity index is 2.11. The normalized spacial score (nSPS) is 11.3. The van der Waals surface area contributed by atoms with E-state index in [-0.39, 0.29) is 4.90 Å². The van der Waals surface area contributed by atoms with Crippen LogP contribution in [0.25, 0.3) is 16.9 Å². The number of nitrogens with zero attached hydrogens (tertiary/aromatic N) is 2. The number of anilines is 1. The molecule has 25 heavy (non-hydrogen) atoms. The molecule has 128 valence electrons. The molecule has 3 aromatic rings. The van der Waals surface area contributed by atoms with E-state index in [1.165, 1.54) is 12.1 Å². The van der Waals surface area contributed by atoms with Crippen LogP contribution in [0.4, 0.5) is 5.82 Å². The lowest BCUT2D eigenvalue weighted by molar-refractivity contribution is -0.105. The number of benzene rings is 2. The van der Waals surface area contributed by atoms with Gasteiger partial charge in [0.15, 0.2) is 5.82 Å². The fraction of sp³-hybridized carbons (Fsp3) is 0. The third kappa shape index (κ3) is 3.78. The third-order valence-corrected chi connectivity index (χ3v) is 4.92. The molecule has 0 fully saturated rings. The van der Waals surface area contributed by atoms with Gasteiger partial charge in [0.05, 0.1) is 16.3 Å². The lowest BCUT2D eigenvalue weighted by atomic mass is 10.1. The Hall–Kier alpha value is -2.49. The van der Waals surface area contributed by atoms with Crippen molar-refractivity contribution in [2.45, 2.75) is 4.90 Å². The molecule has 0 saturated carbocycles. The van der Waals surface area contributed by atoms with Crippen LogP contribution in [0.1, 0.15) is 0 Å². The van der Waals surface area contributed by atoms with Gasteiger partial charge in [-0.3, -0.25) is 4.79 Å². The highest BCUT2D eigenvalue weighted by Crippen LogP contribution is 2.27. The Morgan fingerprint density at radius 1 is 1.08 bits per heavy atom. The summed E-state index contributed by atoms with van der Waals surface area (Å²) >= 11 is 3.39. The van der Waals surface area contributed by atoms with Crippen molar-refractivity contribution in [1.82, 2.24) is 9.78 Å². The predicted molar refractivity (Wildman–Crippen MR) is 97.8 cm³/mol. The molecule has 1 aromatic heterocycles. The lowest BCUT2D eigenvalue weighted by Gasteiger charge is -2.08. The number of carbonyl (C=O) groups is 1. The minimum absolute atomic E-state index is 0.0137. The predicted octanol–water partition coefficient (Wildman–Crippen LogP) is 2.52. The van der Waals surface area contributed by atoms with Crippen molar-refractivity contribution in [2.75, 3.05) is 5.32 Å². The van der Waals surface area contributed by atoms with Gasteiger partial charge in [0.25, 0.3) is 0 Å². The van der Waals surface area contributed by atoms with Gasteiger partial charge in [0, 0.05) is 16.1 Å². The second kappa shape index (κ2) is 6.79. The van der Waals surface area contributed by atoms with E-state index in [1.807, 2.05) is 24.3 Å². The van der Waals surface area contributed by atoms with Gasteiger partial charge >= 0.3 is 0 Å². The number of aromatic nitrogens is 2. The van der Waals surface area contributed by atoms with Crippen molar-refractivity contribution in [3.8, 4) is 16.9 Å². The molecule has 0 bridgehead atoms. The average molecular weight is 421 g/mol. The molecule has 0 atom stereocenters. The first-order chi connectivity index (χ1) is 11.9. The zero-order valence-corrected chi connectivity index (χ0v) is 15.2. The van der Waals surface area contributed by atoms with Crippen molar-refractivity contribution >= 4 is 38.2 Å². The van der Waals surface area contributed by atoms with Crippen LogP contribution in [0.5, 0.6) is 0 Å². The van der Waals surface area contributed by atoms with Crippen LogP contribution in [-0.4, -0.2) is 24.6 Å². The van der Waals surface area contributed by atoms with Crippen LogP contribution in [-0.2, 0) is 14.8 Å². The number of carbonyl (C=O) groups excluding carboxylic acids is 1. The number of hydrogen-bond acceptors (Lipinski definition) is 4. The molecule has 3 rings (SSSR count). The first-order valence-corrected chi connectivity index (χ1v) is 9.42. The summed E-state index contributed by atoms with van der Waals surface area (Å²) in [6.45, 7) is 0. The monoisotopic (exact) mass is 420 g/mol. The van der Waals surface area contributed by atoms with Crippen LogP contribution in [0.3, 0.4) is 0 Å². The molecule has 0 aliphatic heterocycles. The Bertz CT molecular complexity index is 1010. The van der Waals surface area contributed by atoms with Crippen LogP contribution in [0.2, 0.25) is 0 Å². The van der Waals surface area contributed by atoms with Crippen LogP contribution in [0, 0.1) is 0 Å². The van der Waals surface area contributed by atoms with Crippen molar-refractivity contribution in [2.24, 2.45) is 5.14 Å². The fourth-order valence-corrected chi connectivity index (χ4v) is 3.09. The summed E-state index contributed by atoms with van der Waals surface area (Å²) < 4.78 is 25.3. The number of primary sulfonamides is 1. The molecule has 1 amide bonds. The van der Waals surface area contributed by atoms with Crippen LogP contribution >= 0.6 is 15.9 Å². The van der Waals surface area contributed by atoms with Gasteiger partial charge in [0.1, 0.15) is 0 Å². The summed E-state index contributed by atoms with van der Waals surface area (Å²) in [6, 6.07) is 15.3. The van der Waals surface area contributed by atoms with Gasteiger partial charge in [-0.15, -0.1) is 5.10 Å². The molecular weight excluding hydrogens is 408 g/mol.